The topological polar surface area (TPSA) is 92.0 Å². The third kappa shape index (κ3) is 9.77. The zero-order chi connectivity index (χ0) is 35.0. The van der Waals surface area contributed by atoms with Crippen molar-refractivity contribution in [3.63, 3.8) is 0 Å². The van der Waals surface area contributed by atoms with E-state index in [1.807, 2.05) is 44.4 Å². The van der Waals surface area contributed by atoms with Crippen molar-refractivity contribution in [2.45, 2.75) is 55.4 Å². The van der Waals surface area contributed by atoms with Crippen molar-refractivity contribution in [2.75, 3.05) is 0 Å². The molecule has 0 saturated carbocycles. The summed E-state index contributed by atoms with van der Waals surface area (Å²) in [5.41, 5.74) is 14.3. The fourth-order valence-corrected chi connectivity index (χ4v) is 5.98. The van der Waals surface area contributed by atoms with Gasteiger partial charge in [0.25, 0.3) is 0 Å². The molecule has 244 valence electrons. The maximum atomic E-state index is 8.94. The lowest BCUT2D eigenvalue weighted by molar-refractivity contribution is 0.425. The number of hydrogen-bond donors (Lipinski definition) is 2. The van der Waals surface area contributed by atoms with Gasteiger partial charge < -0.3 is 10.0 Å². The van der Waals surface area contributed by atoms with E-state index in [9.17, 15) is 0 Å². The average molecular weight is 702 g/mol. The summed E-state index contributed by atoms with van der Waals surface area (Å²) in [7, 11) is -1.35. The molecule has 0 aliphatic rings. The number of aromatic nitrogens is 4. The van der Waals surface area contributed by atoms with Crippen LogP contribution in [0.3, 0.4) is 0 Å². The molecule has 6 rings (SSSR count). The molecule has 0 radical (unpaired) electrons. The summed E-state index contributed by atoms with van der Waals surface area (Å²) >= 11 is 3.32. The molecule has 6 aromatic rings. The lowest BCUT2D eigenvalue weighted by Gasteiger charge is -2.10. The number of rotatable bonds is 4. The molecular formula is C40H42BBrN4O2. The van der Waals surface area contributed by atoms with Crippen LogP contribution in [0.15, 0.2) is 102 Å². The minimum absolute atomic E-state index is 0.618. The fraction of sp³-hybridized carbons (Fsp3) is 0.200. The maximum Gasteiger partial charge on any atom is 0.488 e. The Morgan fingerprint density at radius 3 is 1.19 bits per heavy atom. The van der Waals surface area contributed by atoms with Crippen LogP contribution < -0.4 is 5.46 Å². The number of aryl methyl sites for hydroxylation is 8. The van der Waals surface area contributed by atoms with Gasteiger partial charge in [-0.15, -0.1) is 0 Å². The van der Waals surface area contributed by atoms with Crippen molar-refractivity contribution >= 4 is 28.5 Å². The Morgan fingerprint density at radius 2 is 0.833 bits per heavy atom. The van der Waals surface area contributed by atoms with Gasteiger partial charge in [0.2, 0.25) is 0 Å². The standard InChI is InChI=1S/C20H20N2.C12H11BrN2.C8H11BO2/c1-13-8-14(2)10-17(9-13)20-21-11-18(12-22-20)19-15(3)6-5-7-16(19)4;1-8-3-9(2)5-10(4-8)12-14-6-11(13)7-15-12;1-6-4-3-5-7(2)8(6)9(10)11/h5-12H,1-4H3;3-7H,1-2H3;3-5,10-11H,1-2H3. The average Bonchev–Trinajstić information content (AvgIpc) is 3.01. The second-order valence-corrected chi connectivity index (χ2v) is 13.1. The molecule has 0 unspecified atom stereocenters. The largest absolute Gasteiger partial charge is 0.488 e. The van der Waals surface area contributed by atoms with Crippen LogP contribution in [0.4, 0.5) is 0 Å². The quantitative estimate of drug-likeness (QED) is 0.179. The van der Waals surface area contributed by atoms with E-state index >= 15 is 0 Å². The lowest BCUT2D eigenvalue weighted by atomic mass is 9.74. The molecule has 0 fully saturated rings. The Balaban J connectivity index is 0.000000174. The molecular weight excluding hydrogens is 659 g/mol. The van der Waals surface area contributed by atoms with Crippen LogP contribution >= 0.6 is 15.9 Å². The summed E-state index contributed by atoms with van der Waals surface area (Å²) in [5, 5.41) is 17.9. The zero-order valence-electron chi connectivity index (χ0n) is 28.9. The molecule has 2 N–H and O–H groups in total. The van der Waals surface area contributed by atoms with Crippen molar-refractivity contribution in [3.05, 3.63) is 147 Å². The Bertz CT molecular complexity index is 1910. The van der Waals surface area contributed by atoms with Gasteiger partial charge in [0.15, 0.2) is 11.6 Å². The van der Waals surface area contributed by atoms with Crippen LogP contribution in [0.2, 0.25) is 0 Å². The number of benzene rings is 4. The summed E-state index contributed by atoms with van der Waals surface area (Å²) in [4.78, 5) is 17.7. The van der Waals surface area contributed by atoms with Gasteiger partial charge in [-0.05, 0) is 118 Å². The van der Waals surface area contributed by atoms with Crippen molar-refractivity contribution in [1.82, 2.24) is 19.9 Å². The van der Waals surface area contributed by atoms with Crippen molar-refractivity contribution in [3.8, 4) is 33.9 Å². The summed E-state index contributed by atoms with van der Waals surface area (Å²) in [5.74, 6) is 1.55. The summed E-state index contributed by atoms with van der Waals surface area (Å²) in [6, 6.07) is 24.7. The fourth-order valence-electron chi connectivity index (χ4n) is 5.78. The van der Waals surface area contributed by atoms with Crippen LogP contribution in [-0.4, -0.2) is 37.1 Å². The van der Waals surface area contributed by atoms with E-state index in [0.29, 0.717) is 5.46 Å². The highest BCUT2D eigenvalue weighted by atomic mass is 79.9. The Labute approximate surface area is 293 Å². The van der Waals surface area contributed by atoms with E-state index in [2.05, 4.69) is 132 Å². The van der Waals surface area contributed by atoms with Gasteiger partial charge in [-0.1, -0.05) is 81.9 Å². The molecule has 0 aliphatic carbocycles. The molecule has 48 heavy (non-hydrogen) atoms. The Kier molecular flexibility index (Phi) is 12.5. The third-order valence-electron chi connectivity index (χ3n) is 7.80. The summed E-state index contributed by atoms with van der Waals surface area (Å²) in [6.07, 6.45) is 7.38. The van der Waals surface area contributed by atoms with Crippen LogP contribution in [0.1, 0.15) is 44.5 Å². The van der Waals surface area contributed by atoms with E-state index in [4.69, 9.17) is 10.0 Å². The SMILES string of the molecule is Cc1cc(C)cc(-c2ncc(-c3c(C)cccc3C)cn2)c1.Cc1cc(C)cc(-c2ncc(Br)cn2)c1.Cc1cccc(C)c1B(O)O. The van der Waals surface area contributed by atoms with Crippen molar-refractivity contribution in [2.24, 2.45) is 0 Å². The van der Waals surface area contributed by atoms with Gasteiger partial charge in [-0.2, -0.15) is 0 Å². The number of halogens is 1. The predicted octanol–water partition coefficient (Wildman–Crippen LogP) is 8.55. The van der Waals surface area contributed by atoms with Gasteiger partial charge in [-0.25, -0.2) is 19.9 Å². The Morgan fingerprint density at radius 1 is 0.479 bits per heavy atom. The van der Waals surface area contributed by atoms with Crippen LogP contribution in [0.5, 0.6) is 0 Å². The monoisotopic (exact) mass is 700 g/mol. The molecule has 0 spiro atoms. The van der Waals surface area contributed by atoms with E-state index in [1.165, 1.54) is 38.9 Å². The molecule has 0 aliphatic heterocycles. The predicted molar refractivity (Wildman–Crippen MR) is 202 cm³/mol. The second-order valence-electron chi connectivity index (χ2n) is 12.2. The first-order chi connectivity index (χ1) is 22.8. The first-order valence-corrected chi connectivity index (χ1v) is 16.6. The van der Waals surface area contributed by atoms with Gasteiger partial charge in [0, 0.05) is 41.5 Å². The van der Waals surface area contributed by atoms with Crippen molar-refractivity contribution < 1.29 is 10.0 Å². The number of nitrogens with zero attached hydrogens (tertiary/aromatic N) is 4. The van der Waals surface area contributed by atoms with Gasteiger partial charge in [0.1, 0.15) is 0 Å². The normalized spacial score (nSPS) is 10.4. The van der Waals surface area contributed by atoms with E-state index < -0.39 is 7.12 Å². The van der Waals surface area contributed by atoms with Crippen LogP contribution in [0.25, 0.3) is 33.9 Å². The molecule has 0 atom stereocenters. The Hall–Kier alpha value is -4.50. The summed E-state index contributed by atoms with van der Waals surface area (Å²) < 4.78 is 0.899. The highest BCUT2D eigenvalue weighted by Crippen LogP contribution is 2.27. The molecule has 0 amide bonds. The highest BCUT2D eigenvalue weighted by molar-refractivity contribution is 9.10. The molecule has 4 aromatic carbocycles. The van der Waals surface area contributed by atoms with E-state index in [-0.39, 0.29) is 0 Å². The van der Waals surface area contributed by atoms with E-state index in [0.717, 1.165) is 43.9 Å². The van der Waals surface area contributed by atoms with Crippen LogP contribution in [0, 0.1) is 55.4 Å². The molecule has 8 heteroatoms. The zero-order valence-corrected chi connectivity index (χ0v) is 30.5. The smallest absolute Gasteiger partial charge is 0.423 e. The first kappa shape index (κ1) is 36.3. The minimum Gasteiger partial charge on any atom is -0.423 e. The lowest BCUT2D eigenvalue weighted by Crippen LogP contribution is -2.34. The number of hydrogen-bond acceptors (Lipinski definition) is 6. The molecule has 2 aromatic heterocycles. The van der Waals surface area contributed by atoms with E-state index in [1.54, 1.807) is 12.4 Å². The highest BCUT2D eigenvalue weighted by Gasteiger charge is 2.15. The molecule has 6 nitrogen and oxygen atoms in total. The molecule has 0 saturated heterocycles. The van der Waals surface area contributed by atoms with Gasteiger partial charge in [-0.3, -0.25) is 0 Å². The van der Waals surface area contributed by atoms with Gasteiger partial charge >= 0.3 is 7.12 Å². The maximum absolute atomic E-state index is 8.94. The molecule has 0 bridgehead atoms. The van der Waals surface area contributed by atoms with Crippen molar-refractivity contribution in [1.29, 1.82) is 0 Å². The summed E-state index contributed by atoms with van der Waals surface area (Å²) in [6.45, 7) is 16.3. The first-order valence-electron chi connectivity index (χ1n) is 15.8. The van der Waals surface area contributed by atoms with Crippen LogP contribution in [-0.2, 0) is 0 Å². The molecule has 2 heterocycles. The second kappa shape index (κ2) is 16.6. The minimum atomic E-state index is -1.35. The van der Waals surface area contributed by atoms with Gasteiger partial charge in [0.05, 0.1) is 4.47 Å². The third-order valence-corrected chi connectivity index (χ3v) is 8.21.